The number of guanidine groups is 1. The van der Waals surface area contributed by atoms with Crippen LogP contribution >= 0.6 is 24.0 Å². The SMILES string of the molecule is CN=C(NCCC1=CCOCC1)NCc1ccc(C)cc1OC(C)C.I. The van der Waals surface area contributed by atoms with Gasteiger partial charge in [-0.05, 0) is 45.2 Å². The van der Waals surface area contributed by atoms with Gasteiger partial charge in [0.15, 0.2) is 5.96 Å². The van der Waals surface area contributed by atoms with Crippen LogP contribution in [0, 0.1) is 6.92 Å². The molecule has 0 aromatic heterocycles. The van der Waals surface area contributed by atoms with Crippen LogP contribution in [0.2, 0.25) is 0 Å². The molecule has 0 fully saturated rings. The number of halogens is 1. The molecule has 0 bridgehead atoms. The molecular formula is C20H32IN3O2. The maximum absolute atomic E-state index is 5.93. The lowest BCUT2D eigenvalue weighted by Gasteiger charge is -2.18. The summed E-state index contributed by atoms with van der Waals surface area (Å²) < 4.78 is 11.3. The average molecular weight is 473 g/mol. The van der Waals surface area contributed by atoms with Crippen LogP contribution in [0.15, 0.2) is 34.8 Å². The van der Waals surface area contributed by atoms with Crippen LogP contribution in [0.4, 0.5) is 0 Å². The highest BCUT2D eigenvalue weighted by atomic mass is 127. The molecule has 0 atom stereocenters. The van der Waals surface area contributed by atoms with Crippen molar-refractivity contribution < 1.29 is 9.47 Å². The van der Waals surface area contributed by atoms with Gasteiger partial charge >= 0.3 is 0 Å². The van der Waals surface area contributed by atoms with Crippen LogP contribution in [0.25, 0.3) is 0 Å². The van der Waals surface area contributed by atoms with E-state index >= 15 is 0 Å². The number of ether oxygens (including phenoxy) is 2. The van der Waals surface area contributed by atoms with E-state index in [4.69, 9.17) is 9.47 Å². The molecule has 2 rings (SSSR count). The summed E-state index contributed by atoms with van der Waals surface area (Å²) in [5.41, 5.74) is 3.79. The third-order valence-corrected chi connectivity index (χ3v) is 4.05. The van der Waals surface area contributed by atoms with Gasteiger partial charge in [0.2, 0.25) is 0 Å². The molecule has 26 heavy (non-hydrogen) atoms. The summed E-state index contributed by atoms with van der Waals surface area (Å²) in [6.07, 6.45) is 4.40. The number of nitrogens with zero attached hydrogens (tertiary/aromatic N) is 1. The van der Waals surface area contributed by atoms with E-state index in [0.29, 0.717) is 6.54 Å². The lowest BCUT2D eigenvalue weighted by atomic mass is 10.1. The van der Waals surface area contributed by atoms with E-state index in [1.54, 1.807) is 7.05 Å². The maximum atomic E-state index is 5.93. The Morgan fingerprint density at radius 3 is 2.77 bits per heavy atom. The lowest BCUT2D eigenvalue weighted by Crippen LogP contribution is -2.37. The van der Waals surface area contributed by atoms with E-state index < -0.39 is 0 Å². The van der Waals surface area contributed by atoms with E-state index in [-0.39, 0.29) is 30.1 Å². The second-order valence-electron chi connectivity index (χ2n) is 6.57. The van der Waals surface area contributed by atoms with Gasteiger partial charge in [0, 0.05) is 25.7 Å². The smallest absolute Gasteiger partial charge is 0.191 e. The molecule has 146 valence electrons. The minimum Gasteiger partial charge on any atom is -0.491 e. The highest BCUT2D eigenvalue weighted by Crippen LogP contribution is 2.21. The van der Waals surface area contributed by atoms with Crippen molar-refractivity contribution in [3.8, 4) is 5.75 Å². The van der Waals surface area contributed by atoms with E-state index in [9.17, 15) is 0 Å². The lowest BCUT2D eigenvalue weighted by molar-refractivity contribution is 0.153. The molecule has 0 radical (unpaired) electrons. The first-order valence-electron chi connectivity index (χ1n) is 9.05. The van der Waals surface area contributed by atoms with Gasteiger partial charge in [-0.25, -0.2) is 0 Å². The predicted octanol–water partition coefficient (Wildman–Crippen LogP) is 3.80. The maximum Gasteiger partial charge on any atom is 0.191 e. The second kappa shape index (κ2) is 12.2. The number of rotatable bonds is 7. The molecule has 2 N–H and O–H groups in total. The van der Waals surface area contributed by atoms with Crippen molar-refractivity contribution >= 4 is 29.9 Å². The van der Waals surface area contributed by atoms with Gasteiger partial charge in [0.05, 0.1) is 19.3 Å². The molecule has 1 aromatic rings. The van der Waals surface area contributed by atoms with Crippen LogP contribution < -0.4 is 15.4 Å². The van der Waals surface area contributed by atoms with Crippen molar-refractivity contribution in [1.82, 2.24) is 10.6 Å². The van der Waals surface area contributed by atoms with Gasteiger partial charge < -0.3 is 20.1 Å². The third-order valence-electron chi connectivity index (χ3n) is 4.05. The minimum atomic E-state index is 0. The zero-order chi connectivity index (χ0) is 18.1. The zero-order valence-electron chi connectivity index (χ0n) is 16.3. The van der Waals surface area contributed by atoms with Crippen molar-refractivity contribution in [3.63, 3.8) is 0 Å². The topological polar surface area (TPSA) is 54.9 Å². The minimum absolute atomic E-state index is 0. The van der Waals surface area contributed by atoms with Crippen LogP contribution in [-0.2, 0) is 11.3 Å². The standard InChI is InChI=1S/C20H31N3O2.HI/c1-15(2)25-19-13-16(3)5-6-18(19)14-23-20(21-4)22-10-7-17-8-11-24-12-9-17;/h5-6,8,13,15H,7,9-12,14H2,1-4H3,(H2,21,22,23);1H. The largest absolute Gasteiger partial charge is 0.491 e. The monoisotopic (exact) mass is 473 g/mol. The molecule has 6 heteroatoms. The summed E-state index contributed by atoms with van der Waals surface area (Å²) in [5, 5.41) is 6.75. The fourth-order valence-electron chi connectivity index (χ4n) is 2.70. The summed E-state index contributed by atoms with van der Waals surface area (Å²) in [4.78, 5) is 4.30. The van der Waals surface area contributed by atoms with E-state index in [1.165, 1.54) is 11.1 Å². The fraction of sp³-hybridized carbons (Fsp3) is 0.550. The zero-order valence-corrected chi connectivity index (χ0v) is 18.6. The van der Waals surface area contributed by atoms with Crippen molar-refractivity contribution in [2.45, 2.75) is 46.3 Å². The summed E-state index contributed by atoms with van der Waals surface area (Å²) in [6.45, 7) is 9.30. The van der Waals surface area contributed by atoms with Crippen LogP contribution in [0.1, 0.15) is 37.8 Å². The molecule has 0 amide bonds. The summed E-state index contributed by atoms with van der Waals surface area (Å²) in [6, 6.07) is 6.31. The number of hydrogen-bond donors (Lipinski definition) is 2. The molecule has 1 aromatic carbocycles. The van der Waals surface area contributed by atoms with Gasteiger partial charge in [-0.1, -0.05) is 23.8 Å². The number of aliphatic imine (C=N–C) groups is 1. The summed E-state index contributed by atoms with van der Waals surface area (Å²) in [7, 11) is 1.80. The van der Waals surface area contributed by atoms with E-state index in [2.05, 4.69) is 46.8 Å². The molecule has 0 aliphatic carbocycles. The first-order chi connectivity index (χ1) is 12.1. The molecule has 1 heterocycles. The number of nitrogens with one attached hydrogen (secondary N) is 2. The van der Waals surface area contributed by atoms with Crippen LogP contribution in [-0.4, -0.2) is 38.9 Å². The van der Waals surface area contributed by atoms with Gasteiger partial charge in [-0.3, -0.25) is 4.99 Å². The molecule has 0 unspecified atom stereocenters. The van der Waals surface area contributed by atoms with Crippen molar-refractivity contribution in [2.75, 3.05) is 26.8 Å². The molecule has 5 nitrogen and oxygen atoms in total. The van der Waals surface area contributed by atoms with Crippen molar-refractivity contribution in [3.05, 3.63) is 41.0 Å². The Balaban J connectivity index is 0.00000338. The Morgan fingerprint density at radius 1 is 1.31 bits per heavy atom. The molecule has 0 spiro atoms. The van der Waals surface area contributed by atoms with Crippen molar-refractivity contribution in [1.29, 1.82) is 0 Å². The van der Waals surface area contributed by atoms with Crippen molar-refractivity contribution in [2.24, 2.45) is 4.99 Å². The van der Waals surface area contributed by atoms with Crippen LogP contribution in [0.3, 0.4) is 0 Å². The van der Waals surface area contributed by atoms with Gasteiger partial charge in [0.25, 0.3) is 0 Å². The van der Waals surface area contributed by atoms with Gasteiger partial charge in [0.1, 0.15) is 5.75 Å². The highest BCUT2D eigenvalue weighted by Gasteiger charge is 2.08. The Labute approximate surface area is 174 Å². The van der Waals surface area contributed by atoms with Crippen LogP contribution in [0.5, 0.6) is 5.75 Å². The van der Waals surface area contributed by atoms with Gasteiger partial charge in [-0.2, -0.15) is 0 Å². The third kappa shape index (κ3) is 7.95. The molecule has 0 saturated heterocycles. The molecule has 1 aliphatic heterocycles. The highest BCUT2D eigenvalue weighted by molar-refractivity contribution is 14.0. The number of hydrogen-bond acceptors (Lipinski definition) is 3. The average Bonchev–Trinajstić information content (AvgIpc) is 2.59. The Bertz CT molecular complexity index is 615. The fourth-order valence-corrected chi connectivity index (χ4v) is 2.70. The quantitative estimate of drug-likeness (QED) is 0.274. The predicted molar refractivity (Wildman–Crippen MR) is 119 cm³/mol. The molecule has 1 aliphatic rings. The Morgan fingerprint density at radius 2 is 2.12 bits per heavy atom. The normalized spacial score (nSPS) is 14.5. The summed E-state index contributed by atoms with van der Waals surface area (Å²) in [5.74, 6) is 1.74. The number of benzene rings is 1. The van der Waals surface area contributed by atoms with E-state index in [0.717, 1.165) is 49.9 Å². The Hall–Kier alpha value is -1.28. The second-order valence-corrected chi connectivity index (χ2v) is 6.57. The first-order valence-corrected chi connectivity index (χ1v) is 9.05. The Kier molecular flexibility index (Phi) is 10.7. The first kappa shape index (κ1) is 22.8. The molecule has 0 saturated carbocycles. The summed E-state index contributed by atoms with van der Waals surface area (Å²) >= 11 is 0. The van der Waals surface area contributed by atoms with Gasteiger partial charge in [-0.15, -0.1) is 24.0 Å². The number of aryl methyl sites for hydroxylation is 1. The van der Waals surface area contributed by atoms with E-state index in [1.807, 2.05) is 13.8 Å². The molecular weight excluding hydrogens is 441 g/mol.